The van der Waals surface area contributed by atoms with Crippen molar-refractivity contribution in [3.05, 3.63) is 60.2 Å². The van der Waals surface area contributed by atoms with Gasteiger partial charge in [-0.15, -0.1) is 11.6 Å². The van der Waals surface area contributed by atoms with Crippen LogP contribution in [0.5, 0.6) is 0 Å². The second kappa shape index (κ2) is 7.39. The molecule has 7 heteroatoms. The first-order valence-corrected chi connectivity index (χ1v) is 8.76. The van der Waals surface area contributed by atoms with Gasteiger partial charge < -0.3 is 0 Å². The maximum absolute atomic E-state index is 12.6. The van der Waals surface area contributed by atoms with E-state index < -0.39 is 26.5 Å². The molecule has 0 aliphatic rings. The van der Waals surface area contributed by atoms with Crippen molar-refractivity contribution in [1.29, 1.82) is 0 Å². The van der Waals surface area contributed by atoms with Gasteiger partial charge in [0, 0.05) is 0 Å². The highest BCUT2D eigenvalue weighted by Crippen LogP contribution is 2.15. The van der Waals surface area contributed by atoms with Crippen molar-refractivity contribution in [3.63, 3.8) is 0 Å². The van der Waals surface area contributed by atoms with Crippen LogP contribution in [0.25, 0.3) is 0 Å². The van der Waals surface area contributed by atoms with Gasteiger partial charge in [-0.2, -0.15) is 5.10 Å². The van der Waals surface area contributed by atoms with E-state index in [0.29, 0.717) is 5.69 Å². The molecule has 0 aromatic heterocycles. The first-order chi connectivity index (χ1) is 10.9. The minimum Gasteiger partial charge on any atom is -0.290 e. The molecule has 0 amide bonds. The Balaban J connectivity index is 2.39. The van der Waals surface area contributed by atoms with Gasteiger partial charge in [0.25, 0.3) is 0 Å². The Morgan fingerprint density at radius 3 is 2.26 bits per heavy atom. The molecule has 2 aromatic carbocycles. The predicted octanol–water partition coefficient (Wildman–Crippen LogP) is 3.00. The van der Waals surface area contributed by atoms with Gasteiger partial charge in [-0.1, -0.05) is 35.9 Å². The number of ketones is 1. The Kier molecular flexibility index (Phi) is 5.52. The lowest BCUT2D eigenvalue weighted by molar-refractivity contribution is -0.110. The number of hydrogen-bond acceptors (Lipinski definition) is 5. The molecular weight excluding hydrogens is 336 g/mol. The number of benzene rings is 2. The summed E-state index contributed by atoms with van der Waals surface area (Å²) in [6.07, 6.45) is 0. The quantitative estimate of drug-likeness (QED) is 0.389. The molecule has 0 atom stereocenters. The van der Waals surface area contributed by atoms with Crippen LogP contribution in [-0.2, 0) is 14.6 Å². The summed E-state index contributed by atoms with van der Waals surface area (Å²) < 4.78 is 25.1. The Hall–Kier alpha value is -2.18. The van der Waals surface area contributed by atoms with Crippen LogP contribution in [0.4, 0.5) is 5.69 Å². The van der Waals surface area contributed by atoms with Gasteiger partial charge in [0.2, 0.25) is 20.7 Å². The first kappa shape index (κ1) is 17.2. The molecule has 0 saturated heterocycles. The van der Waals surface area contributed by atoms with E-state index in [9.17, 15) is 13.2 Å². The number of carbonyl (C=O) groups excluding carboxylic acids is 1. The molecule has 0 aliphatic heterocycles. The van der Waals surface area contributed by atoms with Crippen molar-refractivity contribution in [2.75, 3.05) is 11.3 Å². The van der Waals surface area contributed by atoms with Crippen LogP contribution in [0.1, 0.15) is 5.56 Å². The molecule has 0 bridgehead atoms. The molecule has 0 spiro atoms. The second-order valence-corrected chi connectivity index (χ2v) is 6.90. The molecule has 0 aliphatic carbocycles. The largest absolute Gasteiger partial charge is 0.290 e. The summed E-state index contributed by atoms with van der Waals surface area (Å²) in [6.45, 7) is 1.93. The lowest BCUT2D eigenvalue weighted by Gasteiger charge is -2.07. The van der Waals surface area contributed by atoms with E-state index >= 15 is 0 Å². The number of carbonyl (C=O) groups is 1. The molecule has 0 heterocycles. The third-order valence-electron chi connectivity index (χ3n) is 3.01. The van der Waals surface area contributed by atoms with Gasteiger partial charge in [-0.05, 0) is 31.2 Å². The van der Waals surface area contributed by atoms with E-state index in [2.05, 4.69) is 10.5 Å². The van der Waals surface area contributed by atoms with Crippen molar-refractivity contribution in [2.24, 2.45) is 5.10 Å². The van der Waals surface area contributed by atoms with Crippen molar-refractivity contribution >= 4 is 38.0 Å². The van der Waals surface area contributed by atoms with E-state index in [1.807, 2.05) is 19.1 Å². The third kappa shape index (κ3) is 4.18. The van der Waals surface area contributed by atoms with E-state index in [1.165, 1.54) is 12.1 Å². The van der Waals surface area contributed by atoms with Crippen LogP contribution in [0.15, 0.2) is 64.6 Å². The molecule has 1 N–H and O–H groups in total. The Labute approximate surface area is 139 Å². The van der Waals surface area contributed by atoms with Gasteiger partial charge in [-0.25, -0.2) is 8.42 Å². The van der Waals surface area contributed by atoms with Gasteiger partial charge in [0.15, 0.2) is 0 Å². The summed E-state index contributed by atoms with van der Waals surface area (Å²) in [5.41, 5.74) is 4.21. The number of alkyl halides is 1. The van der Waals surface area contributed by atoms with Crippen LogP contribution >= 0.6 is 11.6 Å². The maximum atomic E-state index is 12.6. The summed E-state index contributed by atoms with van der Waals surface area (Å²) in [6, 6.07) is 14.8. The van der Waals surface area contributed by atoms with Crippen molar-refractivity contribution in [1.82, 2.24) is 0 Å². The van der Waals surface area contributed by atoms with Crippen LogP contribution < -0.4 is 5.43 Å². The minimum absolute atomic E-state index is 0.0112. The summed E-state index contributed by atoms with van der Waals surface area (Å²) >= 11 is 5.52. The molecule has 23 heavy (non-hydrogen) atoms. The van der Waals surface area contributed by atoms with Crippen LogP contribution in [0.3, 0.4) is 0 Å². The molecule has 2 aromatic rings. The maximum Gasteiger partial charge on any atom is 0.229 e. The minimum atomic E-state index is -4.04. The third-order valence-corrected chi connectivity index (χ3v) is 4.97. The van der Waals surface area contributed by atoms with Gasteiger partial charge in [-0.3, -0.25) is 10.2 Å². The zero-order valence-electron chi connectivity index (χ0n) is 12.4. The molecule has 0 fully saturated rings. The Bertz CT molecular complexity index is 816. The Morgan fingerprint density at radius 1 is 1.09 bits per heavy atom. The number of sulfone groups is 1. The molecular formula is C16H15ClN2O3S. The highest BCUT2D eigenvalue weighted by atomic mass is 35.5. The van der Waals surface area contributed by atoms with Gasteiger partial charge in [0.05, 0.1) is 16.5 Å². The molecule has 2 rings (SSSR count). The number of aryl methyl sites for hydroxylation is 1. The highest BCUT2D eigenvalue weighted by Gasteiger charge is 2.28. The zero-order chi connectivity index (χ0) is 16.9. The lowest BCUT2D eigenvalue weighted by Crippen LogP contribution is -2.27. The smallest absolute Gasteiger partial charge is 0.229 e. The average molecular weight is 351 g/mol. The number of nitrogens with zero attached hydrogens (tertiary/aromatic N) is 1. The monoisotopic (exact) mass is 350 g/mol. The number of rotatable bonds is 5. The van der Waals surface area contributed by atoms with Crippen molar-refractivity contribution < 1.29 is 13.2 Å². The van der Waals surface area contributed by atoms with E-state index in [0.717, 1.165) is 5.56 Å². The summed E-state index contributed by atoms with van der Waals surface area (Å²) in [7, 11) is -4.04. The highest BCUT2D eigenvalue weighted by molar-refractivity contribution is 8.08. The molecule has 5 nitrogen and oxygen atoms in total. The molecule has 120 valence electrons. The standard InChI is InChI=1S/C16H15ClN2O3S/c1-12-7-9-13(10-8-12)18-19-16(15(20)11-17)23(21,22)14-5-3-2-4-6-14/h2-10,18H,11H2,1H3/b19-16+. The van der Waals surface area contributed by atoms with Gasteiger partial charge in [0.1, 0.15) is 0 Å². The van der Waals surface area contributed by atoms with Crippen LogP contribution in [0, 0.1) is 6.92 Å². The number of hydrazone groups is 1. The SMILES string of the molecule is Cc1ccc(N/N=C(\C(=O)CCl)S(=O)(=O)c2ccccc2)cc1. The summed E-state index contributed by atoms with van der Waals surface area (Å²) in [4.78, 5) is 11.9. The summed E-state index contributed by atoms with van der Waals surface area (Å²) in [5.74, 6) is -1.24. The first-order valence-electron chi connectivity index (χ1n) is 6.75. The fraction of sp³-hybridized carbons (Fsp3) is 0.125. The molecule has 0 unspecified atom stereocenters. The number of anilines is 1. The summed E-state index contributed by atoms with van der Waals surface area (Å²) in [5, 5.41) is 3.18. The normalized spacial score (nSPS) is 12.0. The van der Waals surface area contributed by atoms with Crippen LogP contribution in [0.2, 0.25) is 0 Å². The number of hydrogen-bond donors (Lipinski definition) is 1. The predicted molar refractivity (Wildman–Crippen MR) is 91.6 cm³/mol. The fourth-order valence-electron chi connectivity index (χ4n) is 1.78. The van der Waals surface area contributed by atoms with Crippen LogP contribution in [-0.4, -0.2) is 25.1 Å². The number of nitrogens with one attached hydrogen (secondary N) is 1. The Morgan fingerprint density at radius 2 is 1.70 bits per heavy atom. The molecule has 0 saturated carbocycles. The van der Waals surface area contributed by atoms with E-state index in [1.54, 1.807) is 30.3 Å². The van der Waals surface area contributed by atoms with E-state index in [-0.39, 0.29) is 4.90 Å². The van der Waals surface area contributed by atoms with Crippen molar-refractivity contribution in [2.45, 2.75) is 11.8 Å². The number of halogens is 1. The zero-order valence-corrected chi connectivity index (χ0v) is 13.9. The lowest BCUT2D eigenvalue weighted by atomic mass is 10.2. The van der Waals surface area contributed by atoms with Gasteiger partial charge >= 0.3 is 0 Å². The second-order valence-electron chi connectivity index (χ2n) is 4.77. The number of Topliss-reactive ketones (excluding diaryl/α,β-unsaturated/α-hetero) is 1. The van der Waals surface area contributed by atoms with Crippen molar-refractivity contribution in [3.8, 4) is 0 Å². The molecule has 0 radical (unpaired) electrons. The van der Waals surface area contributed by atoms with E-state index in [4.69, 9.17) is 11.6 Å². The topological polar surface area (TPSA) is 75.6 Å². The average Bonchev–Trinajstić information content (AvgIpc) is 2.57. The fourth-order valence-corrected chi connectivity index (χ4v) is 3.27.